The van der Waals surface area contributed by atoms with Crippen molar-refractivity contribution in [1.29, 1.82) is 0 Å². The SMILES string of the molecule is CCCCCCCCC1CCC(c2ccc(-c3ccc(-c4cc(F)c(C(F)(F)Oc5cc(F)c(F)c(F)c5)c(F)c4)c(F)c3)cc2)CC1. The minimum Gasteiger partial charge on any atom is -0.429 e. The molecule has 0 amide bonds. The molecule has 256 valence electrons. The summed E-state index contributed by atoms with van der Waals surface area (Å²) >= 11 is 0. The van der Waals surface area contributed by atoms with Gasteiger partial charge in [0.1, 0.15) is 28.8 Å². The summed E-state index contributed by atoms with van der Waals surface area (Å²) in [6, 6.07) is 13.3. The van der Waals surface area contributed by atoms with Crippen molar-refractivity contribution < 1.29 is 39.9 Å². The Morgan fingerprint density at radius 3 is 1.77 bits per heavy atom. The summed E-state index contributed by atoms with van der Waals surface area (Å²) in [5.41, 5.74) is 0.0790. The molecule has 1 saturated carbocycles. The molecule has 1 fully saturated rings. The Morgan fingerprint density at radius 1 is 0.604 bits per heavy atom. The quantitative estimate of drug-likeness (QED) is 0.0779. The average molecular weight is 675 g/mol. The molecule has 1 aliphatic carbocycles. The highest BCUT2D eigenvalue weighted by Gasteiger charge is 2.41. The third-order valence-electron chi connectivity index (χ3n) is 9.34. The lowest BCUT2D eigenvalue weighted by Gasteiger charge is -2.29. The van der Waals surface area contributed by atoms with Crippen LogP contribution in [-0.2, 0) is 6.11 Å². The molecule has 4 aromatic carbocycles. The van der Waals surface area contributed by atoms with Crippen molar-refractivity contribution in [2.45, 2.75) is 89.6 Å². The summed E-state index contributed by atoms with van der Waals surface area (Å²) in [6.07, 6.45) is 9.22. The van der Waals surface area contributed by atoms with Gasteiger partial charge in [-0.3, -0.25) is 0 Å². The summed E-state index contributed by atoms with van der Waals surface area (Å²) in [5, 5.41) is 0. The molecule has 1 nitrogen and oxygen atoms in total. The second-order valence-electron chi connectivity index (χ2n) is 12.7. The van der Waals surface area contributed by atoms with Gasteiger partial charge in [0.2, 0.25) is 0 Å². The second kappa shape index (κ2) is 15.6. The van der Waals surface area contributed by atoms with Gasteiger partial charge in [0.05, 0.1) is 0 Å². The lowest BCUT2D eigenvalue weighted by Crippen LogP contribution is -2.25. The highest BCUT2D eigenvalue weighted by molar-refractivity contribution is 5.71. The molecule has 4 aromatic rings. The third kappa shape index (κ3) is 8.39. The molecule has 0 aliphatic heterocycles. The van der Waals surface area contributed by atoms with E-state index in [-0.39, 0.29) is 23.3 Å². The van der Waals surface area contributed by atoms with Crippen molar-refractivity contribution in [3.63, 3.8) is 0 Å². The number of hydrogen-bond acceptors (Lipinski definition) is 1. The van der Waals surface area contributed by atoms with Gasteiger partial charge in [-0.05, 0) is 78.0 Å². The van der Waals surface area contributed by atoms with Crippen LogP contribution in [0.4, 0.5) is 35.1 Å². The zero-order valence-electron chi connectivity index (χ0n) is 26.7. The van der Waals surface area contributed by atoms with Gasteiger partial charge in [-0.2, -0.15) is 8.78 Å². The highest BCUT2D eigenvalue weighted by atomic mass is 19.3. The largest absolute Gasteiger partial charge is 0.432 e. The monoisotopic (exact) mass is 674 g/mol. The molecule has 0 radical (unpaired) electrons. The summed E-state index contributed by atoms with van der Waals surface area (Å²) in [5.74, 6) is -9.89. The van der Waals surface area contributed by atoms with Crippen molar-refractivity contribution in [1.82, 2.24) is 0 Å². The highest BCUT2D eigenvalue weighted by Crippen LogP contribution is 2.40. The minimum absolute atomic E-state index is 0.115. The van der Waals surface area contributed by atoms with Gasteiger partial charge in [-0.15, -0.1) is 0 Å². The molecule has 0 saturated heterocycles. The molecule has 0 aromatic heterocycles. The number of hydrogen-bond donors (Lipinski definition) is 0. The van der Waals surface area contributed by atoms with Crippen molar-refractivity contribution in [2.75, 3.05) is 0 Å². The Balaban J connectivity index is 1.23. The first-order valence-corrected chi connectivity index (χ1v) is 16.6. The maximum Gasteiger partial charge on any atom is 0.432 e. The Labute approximate surface area is 276 Å². The van der Waals surface area contributed by atoms with E-state index in [9.17, 15) is 30.7 Å². The zero-order chi connectivity index (χ0) is 34.4. The van der Waals surface area contributed by atoms with Crippen molar-refractivity contribution in [3.8, 4) is 28.0 Å². The van der Waals surface area contributed by atoms with E-state index in [4.69, 9.17) is 0 Å². The minimum atomic E-state index is -4.75. The predicted octanol–water partition coefficient (Wildman–Crippen LogP) is 13.0. The van der Waals surface area contributed by atoms with Crippen molar-refractivity contribution in [3.05, 3.63) is 113 Å². The smallest absolute Gasteiger partial charge is 0.429 e. The first-order valence-electron chi connectivity index (χ1n) is 16.6. The molecular weight excluding hydrogens is 636 g/mol. The number of benzene rings is 4. The van der Waals surface area contributed by atoms with Crippen LogP contribution in [0.3, 0.4) is 0 Å². The van der Waals surface area contributed by atoms with Gasteiger partial charge >= 0.3 is 6.11 Å². The fourth-order valence-corrected chi connectivity index (χ4v) is 6.67. The molecule has 0 N–H and O–H groups in total. The average Bonchev–Trinajstić information content (AvgIpc) is 3.05. The number of rotatable bonds is 13. The maximum atomic E-state index is 15.3. The van der Waals surface area contributed by atoms with E-state index in [0.717, 1.165) is 24.3 Å². The van der Waals surface area contributed by atoms with Gasteiger partial charge in [0, 0.05) is 17.7 Å². The second-order valence-corrected chi connectivity index (χ2v) is 12.7. The first kappa shape index (κ1) is 35.4. The summed E-state index contributed by atoms with van der Waals surface area (Å²) < 4.78 is 119. The van der Waals surface area contributed by atoms with Crippen molar-refractivity contribution >= 4 is 0 Å². The topological polar surface area (TPSA) is 9.23 Å². The number of ether oxygens (including phenoxy) is 1. The molecule has 0 bridgehead atoms. The third-order valence-corrected chi connectivity index (χ3v) is 9.34. The standard InChI is InChI=1S/C39H38F8O/c1-2-3-4-5-6-7-8-24-9-11-25(12-10-24)26-13-15-27(16-14-26)28-17-18-31(32(40)19-28)29-20-33(41)37(34(42)21-29)39(46,47)48-30-22-35(43)38(45)36(44)23-30/h13-25H,2-12H2,1H3. The van der Waals surface area contributed by atoms with Gasteiger partial charge in [-0.1, -0.05) is 88.3 Å². The molecular formula is C39H38F8O. The molecule has 0 heterocycles. The zero-order valence-corrected chi connectivity index (χ0v) is 26.7. The first-order chi connectivity index (χ1) is 23.0. The van der Waals surface area contributed by atoms with Crippen LogP contribution in [0.15, 0.2) is 66.7 Å². The molecule has 0 spiro atoms. The van der Waals surface area contributed by atoms with Crippen LogP contribution >= 0.6 is 0 Å². The molecule has 1 aliphatic rings. The van der Waals surface area contributed by atoms with Crippen LogP contribution in [0.1, 0.15) is 94.6 Å². The fourth-order valence-electron chi connectivity index (χ4n) is 6.67. The van der Waals surface area contributed by atoms with E-state index in [1.807, 2.05) is 12.1 Å². The summed E-state index contributed by atoms with van der Waals surface area (Å²) in [7, 11) is 0. The Hall–Kier alpha value is -3.88. The number of alkyl halides is 2. The summed E-state index contributed by atoms with van der Waals surface area (Å²) in [6.45, 7) is 2.23. The normalized spacial score (nSPS) is 16.7. The van der Waals surface area contributed by atoms with E-state index in [1.165, 1.54) is 75.5 Å². The van der Waals surface area contributed by atoms with E-state index in [1.54, 1.807) is 6.07 Å². The van der Waals surface area contributed by atoms with Crippen molar-refractivity contribution in [2.24, 2.45) is 5.92 Å². The van der Waals surface area contributed by atoms with E-state index < -0.39 is 52.3 Å². The van der Waals surface area contributed by atoms with Crippen LogP contribution in [0, 0.1) is 40.8 Å². The Morgan fingerprint density at radius 2 is 1.17 bits per heavy atom. The summed E-state index contributed by atoms with van der Waals surface area (Å²) in [4.78, 5) is 0. The van der Waals surface area contributed by atoms with Crippen LogP contribution in [0.2, 0.25) is 0 Å². The number of unbranched alkanes of at least 4 members (excludes halogenated alkanes) is 5. The van der Waals surface area contributed by atoms with Crippen LogP contribution in [-0.4, -0.2) is 0 Å². The Kier molecular flexibility index (Phi) is 11.5. The van der Waals surface area contributed by atoms with Gasteiger partial charge in [0.15, 0.2) is 17.5 Å². The van der Waals surface area contributed by atoms with Crippen LogP contribution in [0.25, 0.3) is 22.3 Å². The maximum absolute atomic E-state index is 15.3. The molecule has 0 unspecified atom stereocenters. The Bertz CT molecular complexity index is 1650. The predicted molar refractivity (Wildman–Crippen MR) is 171 cm³/mol. The van der Waals surface area contributed by atoms with E-state index >= 15 is 4.39 Å². The van der Waals surface area contributed by atoms with Gasteiger partial charge < -0.3 is 4.74 Å². The molecule has 48 heavy (non-hydrogen) atoms. The van der Waals surface area contributed by atoms with Gasteiger partial charge in [0.25, 0.3) is 0 Å². The fraction of sp³-hybridized carbons (Fsp3) is 0.385. The van der Waals surface area contributed by atoms with Crippen LogP contribution in [0.5, 0.6) is 5.75 Å². The number of halogens is 8. The van der Waals surface area contributed by atoms with E-state index in [0.29, 0.717) is 23.6 Å². The van der Waals surface area contributed by atoms with E-state index in [2.05, 4.69) is 23.8 Å². The molecule has 5 rings (SSSR count). The van der Waals surface area contributed by atoms with Crippen LogP contribution < -0.4 is 4.74 Å². The molecule has 0 atom stereocenters. The van der Waals surface area contributed by atoms with Gasteiger partial charge in [-0.25, -0.2) is 26.3 Å². The lowest BCUT2D eigenvalue weighted by molar-refractivity contribution is -0.189. The lowest BCUT2D eigenvalue weighted by atomic mass is 9.77. The molecule has 9 heteroatoms.